The molecule has 0 bridgehead atoms. The molecule has 3 N–H and O–H groups in total. The second-order valence-electron chi connectivity index (χ2n) is 6.90. The Hall–Kier alpha value is -3.06. The number of aliphatic hydroxyl groups is 1. The average Bonchev–Trinajstić information content (AvgIpc) is 3.12. The van der Waals surface area contributed by atoms with Crippen molar-refractivity contribution in [3.63, 3.8) is 0 Å². The molecule has 2 unspecified atom stereocenters. The van der Waals surface area contributed by atoms with Gasteiger partial charge in [-0.25, -0.2) is 0 Å². The number of carbonyl (C=O) groups excluding carboxylic acids is 1. The van der Waals surface area contributed by atoms with Crippen molar-refractivity contribution in [1.29, 1.82) is 0 Å². The molecule has 1 amide bonds. The zero-order valence-electron chi connectivity index (χ0n) is 16.8. The molecule has 3 rings (SSSR count). The summed E-state index contributed by atoms with van der Waals surface area (Å²) in [6.45, 7) is 3.44. The Labute approximate surface area is 171 Å². The van der Waals surface area contributed by atoms with Crippen LogP contribution in [0.15, 0.2) is 59.6 Å². The molecule has 0 spiro atoms. The summed E-state index contributed by atoms with van der Waals surface area (Å²) in [5.41, 5.74) is 1.65. The smallest absolute Gasteiger partial charge is 0.229 e. The highest BCUT2D eigenvalue weighted by Crippen LogP contribution is 2.21. The van der Waals surface area contributed by atoms with Crippen LogP contribution in [0.4, 0.5) is 5.69 Å². The van der Waals surface area contributed by atoms with E-state index in [2.05, 4.69) is 15.6 Å². The van der Waals surface area contributed by atoms with Crippen LogP contribution in [-0.2, 0) is 4.79 Å². The number of hydrogen-bond donors (Lipinski definition) is 3. The maximum atomic E-state index is 12.4. The number of aliphatic hydroxyl groups excluding tert-OH is 1. The van der Waals surface area contributed by atoms with Crippen LogP contribution < -0.4 is 20.3 Å². The van der Waals surface area contributed by atoms with Crippen molar-refractivity contribution in [2.24, 2.45) is 4.99 Å². The van der Waals surface area contributed by atoms with Gasteiger partial charge in [-0.1, -0.05) is 30.3 Å². The highest BCUT2D eigenvalue weighted by atomic mass is 16.5. The average molecular weight is 396 g/mol. The molecule has 0 aliphatic carbocycles. The lowest BCUT2D eigenvalue weighted by Crippen LogP contribution is -2.44. The monoisotopic (exact) mass is 396 g/mol. The molecule has 1 aliphatic rings. The second-order valence-corrected chi connectivity index (χ2v) is 6.90. The Morgan fingerprint density at radius 3 is 2.79 bits per heavy atom. The van der Waals surface area contributed by atoms with Crippen molar-refractivity contribution in [2.75, 3.05) is 31.6 Å². The van der Waals surface area contributed by atoms with Gasteiger partial charge in [-0.2, -0.15) is 0 Å². The Morgan fingerprint density at radius 2 is 2.07 bits per heavy atom. The van der Waals surface area contributed by atoms with E-state index in [4.69, 9.17) is 4.74 Å². The molecule has 7 nitrogen and oxygen atoms in total. The fourth-order valence-electron chi connectivity index (χ4n) is 3.31. The first-order valence-corrected chi connectivity index (χ1v) is 9.83. The fourth-order valence-corrected chi connectivity index (χ4v) is 3.31. The molecule has 154 valence electrons. The molecule has 1 fully saturated rings. The van der Waals surface area contributed by atoms with Crippen molar-refractivity contribution in [2.45, 2.75) is 25.5 Å². The molecule has 2 aromatic rings. The molecule has 2 aromatic carbocycles. The normalized spacial score (nSPS) is 17.9. The number of nitrogens with zero attached hydrogens (tertiary/aromatic N) is 2. The molecule has 1 heterocycles. The SMILES string of the molecule is CCNC(=NCC(O)c1cccc(OC)c1)NC1CC(=O)N(c2ccccc2)C1. The second kappa shape index (κ2) is 9.93. The van der Waals surface area contributed by atoms with Gasteiger partial charge in [0.1, 0.15) is 5.75 Å². The number of carbonyl (C=O) groups is 1. The highest BCUT2D eigenvalue weighted by molar-refractivity contribution is 5.97. The lowest BCUT2D eigenvalue weighted by molar-refractivity contribution is -0.117. The van der Waals surface area contributed by atoms with Gasteiger partial charge in [0.15, 0.2) is 5.96 Å². The third-order valence-corrected chi connectivity index (χ3v) is 4.78. The van der Waals surface area contributed by atoms with E-state index in [1.807, 2.05) is 55.5 Å². The van der Waals surface area contributed by atoms with E-state index < -0.39 is 6.10 Å². The standard InChI is InChI=1S/C22H28N4O3/c1-3-23-22(24-14-20(27)16-8-7-11-19(12-16)29-2)25-17-13-21(28)26(15-17)18-9-5-4-6-10-18/h4-12,17,20,27H,3,13-15H2,1-2H3,(H2,23,24,25). The molecule has 7 heteroatoms. The van der Waals surface area contributed by atoms with E-state index >= 15 is 0 Å². The number of hydrogen-bond acceptors (Lipinski definition) is 4. The van der Waals surface area contributed by atoms with Crippen LogP contribution in [0.1, 0.15) is 25.0 Å². The van der Waals surface area contributed by atoms with Crippen LogP contribution in [0, 0.1) is 0 Å². The summed E-state index contributed by atoms with van der Waals surface area (Å²) in [6, 6.07) is 16.9. The number of ether oxygens (including phenoxy) is 1. The fraction of sp³-hybridized carbons (Fsp3) is 0.364. The van der Waals surface area contributed by atoms with Gasteiger partial charge in [-0.05, 0) is 36.8 Å². The van der Waals surface area contributed by atoms with Crippen LogP contribution in [0.3, 0.4) is 0 Å². The number of anilines is 1. The Balaban J connectivity index is 1.63. The zero-order chi connectivity index (χ0) is 20.6. The molecule has 0 saturated carbocycles. The topological polar surface area (TPSA) is 86.2 Å². The lowest BCUT2D eigenvalue weighted by Gasteiger charge is -2.19. The summed E-state index contributed by atoms with van der Waals surface area (Å²) >= 11 is 0. The Morgan fingerprint density at radius 1 is 1.28 bits per heavy atom. The van der Waals surface area contributed by atoms with E-state index in [0.717, 1.165) is 11.3 Å². The number of rotatable bonds is 7. The van der Waals surface area contributed by atoms with E-state index in [0.29, 0.717) is 31.2 Å². The summed E-state index contributed by atoms with van der Waals surface area (Å²) in [7, 11) is 1.60. The molecule has 0 radical (unpaired) electrons. The predicted octanol–water partition coefficient (Wildman–Crippen LogP) is 2.09. The number of para-hydroxylation sites is 1. The number of benzene rings is 2. The van der Waals surface area contributed by atoms with Crippen molar-refractivity contribution in [3.8, 4) is 5.75 Å². The molecular formula is C22H28N4O3. The number of guanidine groups is 1. The molecule has 29 heavy (non-hydrogen) atoms. The predicted molar refractivity (Wildman–Crippen MR) is 114 cm³/mol. The number of amides is 1. The summed E-state index contributed by atoms with van der Waals surface area (Å²) in [4.78, 5) is 18.7. The van der Waals surface area contributed by atoms with Crippen molar-refractivity contribution >= 4 is 17.6 Å². The quantitative estimate of drug-likeness (QED) is 0.493. The third kappa shape index (κ3) is 5.48. The third-order valence-electron chi connectivity index (χ3n) is 4.78. The van der Waals surface area contributed by atoms with Crippen LogP contribution >= 0.6 is 0 Å². The number of nitrogens with one attached hydrogen (secondary N) is 2. The van der Waals surface area contributed by atoms with Gasteiger partial charge in [0.25, 0.3) is 0 Å². The Kier molecular flexibility index (Phi) is 7.08. The molecule has 0 aromatic heterocycles. The summed E-state index contributed by atoms with van der Waals surface area (Å²) in [5, 5.41) is 17.0. The number of methoxy groups -OCH3 is 1. The minimum absolute atomic E-state index is 0.0468. The van der Waals surface area contributed by atoms with Crippen molar-refractivity contribution in [1.82, 2.24) is 10.6 Å². The van der Waals surface area contributed by atoms with Gasteiger partial charge in [0.05, 0.1) is 25.8 Å². The molecule has 1 saturated heterocycles. The van der Waals surface area contributed by atoms with Crippen LogP contribution in [0.25, 0.3) is 0 Å². The highest BCUT2D eigenvalue weighted by Gasteiger charge is 2.31. The molecule has 1 aliphatic heterocycles. The van der Waals surface area contributed by atoms with Crippen LogP contribution in [0.5, 0.6) is 5.75 Å². The van der Waals surface area contributed by atoms with Crippen molar-refractivity contribution in [3.05, 3.63) is 60.2 Å². The molecular weight excluding hydrogens is 368 g/mol. The first kappa shape index (κ1) is 20.7. The van der Waals surface area contributed by atoms with E-state index in [-0.39, 0.29) is 18.5 Å². The van der Waals surface area contributed by atoms with Crippen LogP contribution in [-0.4, -0.2) is 49.8 Å². The largest absolute Gasteiger partial charge is 0.497 e. The van der Waals surface area contributed by atoms with E-state index in [1.54, 1.807) is 18.1 Å². The lowest BCUT2D eigenvalue weighted by atomic mass is 10.1. The van der Waals surface area contributed by atoms with E-state index in [9.17, 15) is 9.90 Å². The van der Waals surface area contributed by atoms with Gasteiger partial charge in [-0.3, -0.25) is 9.79 Å². The van der Waals surface area contributed by atoms with Gasteiger partial charge in [-0.15, -0.1) is 0 Å². The van der Waals surface area contributed by atoms with Crippen LogP contribution in [0.2, 0.25) is 0 Å². The number of aliphatic imine (C=N–C) groups is 1. The summed E-state index contributed by atoms with van der Waals surface area (Å²) in [5.74, 6) is 1.36. The maximum Gasteiger partial charge on any atom is 0.229 e. The summed E-state index contributed by atoms with van der Waals surface area (Å²) < 4.78 is 5.21. The zero-order valence-corrected chi connectivity index (χ0v) is 16.8. The minimum atomic E-state index is -0.744. The van der Waals surface area contributed by atoms with Gasteiger partial charge in [0.2, 0.25) is 5.91 Å². The van der Waals surface area contributed by atoms with Gasteiger partial charge < -0.3 is 25.4 Å². The Bertz CT molecular complexity index is 841. The summed E-state index contributed by atoms with van der Waals surface area (Å²) in [6.07, 6.45) is -0.343. The minimum Gasteiger partial charge on any atom is -0.497 e. The van der Waals surface area contributed by atoms with E-state index in [1.165, 1.54) is 0 Å². The first-order chi connectivity index (χ1) is 14.1. The maximum absolute atomic E-state index is 12.4. The first-order valence-electron chi connectivity index (χ1n) is 9.83. The van der Waals surface area contributed by atoms with Gasteiger partial charge >= 0.3 is 0 Å². The van der Waals surface area contributed by atoms with Crippen molar-refractivity contribution < 1.29 is 14.6 Å². The molecule has 2 atom stereocenters. The van der Waals surface area contributed by atoms with Gasteiger partial charge in [0, 0.05) is 25.2 Å².